The molecule has 0 aliphatic carbocycles. The van der Waals surface area contributed by atoms with Gasteiger partial charge in [-0.3, -0.25) is 33.7 Å². The molecular weight excluding hydrogens is 571 g/mol. The Morgan fingerprint density at radius 3 is 2.18 bits per heavy atom. The maximum absolute atomic E-state index is 13.3. The third kappa shape index (κ3) is 12.8. The zero-order valence-electron chi connectivity index (χ0n) is 25.6. The number of benzene rings is 1. The van der Waals surface area contributed by atoms with Crippen LogP contribution in [0.5, 0.6) is 0 Å². The van der Waals surface area contributed by atoms with Gasteiger partial charge in [0.15, 0.2) is 0 Å². The Hall–Kier alpha value is -4.43. The van der Waals surface area contributed by atoms with Crippen molar-refractivity contribution in [1.82, 2.24) is 20.9 Å². The Balaban J connectivity index is 1.94. The lowest BCUT2D eigenvalue weighted by atomic mass is 10.0. The highest BCUT2D eigenvalue weighted by Gasteiger charge is 2.29. The summed E-state index contributed by atoms with van der Waals surface area (Å²) in [6.45, 7) is 4.19. The molecule has 1 saturated heterocycles. The first-order chi connectivity index (χ1) is 20.9. The molecule has 1 aromatic rings. The van der Waals surface area contributed by atoms with E-state index < -0.39 is 35.8 Å². The zero-order valence-corrected chi connectivity index (χ0v) is 25.6. The molecule has 44 heavy (non-hydrogen) atoms. The summed E-state index contributed by atoms with van der Waals surface area (Å²) in [4.78, 5) is 85.9. The highest BCUT2D eigenvalue weighted by Crippen LogP contribution is 2.15. The molecule has 1 heterocycles. The van der Waals surface area contributed by atoms with Crippen LogP contribution in [0.25, 0.3) is 0 Å². The molecule has 15 heteroatoms. The number of likely N-dealkylation sites (tertiary alicyclic amines) is 1. The minimum absolute atomic E-state index is 0.0953. The van der Waals surface area contributed by atoms with Crippen LogP contribution in [0.1, 0.15) is 70.8 Å². The number of hydrogen-bond donors (Lipinski definition) is 5. The Labute approximate surface area is 258 Å². The maximum Gasteiger partial charge on any atom is 0.312 e. The molecule has 2 rings (SSSR count). The van der Waals surface area contributed by atoms with E-state index in [1.54, 1.807) is 38.1 Å². The molecule has 2 atom stereocenters. The summed E-state index contributed by atoms with van der Waals surface area (Å²) in [5.41, 5.74) is 6.31. The molecule has 7 amide bonds. The van der Waals surface area contributed by atoms with E-state index in [1.165, 1.54) is 12.7 Å². The first-order valence-corrected chi connectivity index (χ1v) is 14.9. The summed E-state index contributed by atoms with van der Waals surface area (Å²) in [5.74, 6) is -2.36. The summed E-state index contributed by atoms with van der Waals surface area (Å²) in [6, 6.07) is 4.08. The van der Waals surface area contributed by atoms with Crippen LogP contribution in [0.3, 0.4) is 0 Å². The molecule has 1 aliphatic rings. The summed E-state index contributed by atoms with van der Waals surface area (Å²) < 4.78 is 4.96. The van der Waals surface area contributed by atoms with Crippen molar-refractivity contribution in [3.05, 3.63) is 29.8 Å². The molecule has 0 bridgehead atoms. The van der Waals surface area contributed by atoms with Crippen molar-refractivity contribution in [2.75, 3.05) is 18.4 Å². The smallest absolute Gasteiger partial charge is 0.312 e. The van der Waals surface area contributed by atoms with E-state index in [4.69, 9.17) is 10.5 Å². The first-order valence-electron chi connectivity index (χ1n) is 14.9. The van der Waals surface area contributed by atoms with Crippen molar-refractivity contribution in [3.8, 4) is 0 Å². The normalized spacial score (nSPS) is 14.1. The van der Waals surface area contributed by atoms with Gasteiger partial charge in [0.25, 0.3) is 0 Å². The monoisotopic (exact) mass is 614 g/mol. The molecule has 240 valence electrons. The molecule has 1 fully saturated rings. The van der Waals surface area contributed by atoms with E-state index in [-0.39, 0.29) is 62.5 Å². The number of rotatable bonds is 18. The second kappa shape index (κ2) is 18.3. The minimum Gasteiger partial charge on any atom is -0.469 e. The Bertz CT molecular complexity index is 1180. The van der Waals surface area contributed by atoms with E-state index in [9.17, 15) is 33.6 Å². The van der Waals surface area contributed by atoms with Crippen LogP contribution in [0, 0.1) is 5.92 Å². The topological polar surface area (TPSA) is 206 Å². The van der Waals surface area contributed by atoms with Gasteiger partial charge in [0, 0.05) is 38.0 Å². The van der Waals surface area contributed by atoms with Crippen LogP contribution in [0.15, 0.2) is 24.3 Å². The van der Waals surface area contributed by atoms with Crippen molar-refractivity contribution in [2.45, 2.75) is 83.9 Å². The number of imide groups is 1. The molecule has 0 radical (unpaired) electrons. The number of hydrogen-bond acceptors (Lipinski definition) is 8. The van der Waals surface area contributed by atoms with Gasteiger partial charge in [0.05, 0.1) is 0 Å². The maximum atomic E-state index is 13.3. The summed E-state index contributed by atoms with van der Waals surface area (Å²) >= 11 is 0. The van der Waals surface area contributed by atoms with Crippen LogP contribution in [-0.4, -0.2) is 79.4 Å². The van der Waals surface area contributed by atoms with Gasteiger partial charge in [-0.1, -0.05) is 32.4 Å². The third-order valence-electron chi connectivity index (χ3n) is 6.97. The van der Waals surface area contributed by atoms with Crippen molar-refractivity contribution >= 4 is 55.0 Å². The van der Waals surface area contributed by atoms with Gasteiger partial charge >= 0.3 is 6.03 Å². The van der Waals surface area contributed by atoms with Crippen LogP contribution in [0.4, 0.5) is 15.3 Å². The van der Waals surface area contributed by atoms with Gasteiger partial charge in [0.1, 0.15) is 18.7 Å². The summed E-state index contributed by atoms with van der Waals surface area (Å²) in [5, 5.41) is 10.7. The number of anilines is 1. The summed E-state index contributed by atoms with van der Waals surface area (Å²) in [6.07, 6.45) is 2.93. The average molecular weight is 615 g/mol. The van der Waals surface area contributed by atoms with Crippen molar-refractivity contribution in [3.63, 3.8) is 0 Å². The van der Waals surface area contributed by atoms with Crippen LogP contribution >= 0.6 is 0 Å². The van der Waals surface area contributed by atoms with Crippen LogP contribution < -0.4 is 27.0 Å². The largest absolute Gasteiger partial charge is 0.469 e. The molecule has 0 spiro atoms. The fourth-order valence-corrected chi connectivity index (χ4v) is 4.53. The molecule has 1 aliphatic heterocycles. The van der Waals surface area contributed by atoms with Crippen molar-refractivity contribution in [2.24, 2.45) is 11.7 Å². The first kappa shape index (κ1) is 35.8. The molecule has 0 saturated carbocycles. The molecule has 1 unspecified atom stereocenters. The second-order valence-electron chi connectivity index (χ2n) is 11.0. The molecule has 14 nitrogen and oxygen atoms in total. The fraction of sp³-hybridized carbons (Fsp3) is 0.552. The van der Waals surface area contributed by atoms with E-state index in [1.807, 2.05) is 0 Å². The number of ether oxygens (including phenoxy) is 1. The second-order valence-corrected chi connectivity index (χ2v) is 11.0. The highest BCUT2D eigenvalue weighted by atomic mass is 16.5. The zero-order chi connectivity index (χ0) is 32.6. The quantitative estimate of drug-likeness (QED) is 0.0901. The number of urea groups is 1. The Kier molecular flexibility index (Phi) is 14.9. The lowest BCUT2D eigenvalue weighted by molar-refractivity contribution is -0.138. The number of amides is 7. The Morgan fingerprint density at radius 1 is 0.932 bits per heavy atom. The highest BCUT2D eigenvalue weighted by molar-refractivity contribution is 6.55. The number of nitrogens with two attached hydrogens (primary N) is 1. The molecule has 0 aromatic heterocycles. The molecular formula is C29H43BN6O8. The molecule has 6 N–H and O–H groups in total. The average Bonchev–Trinajstić information content (AvgIpc) is 3.28. The minimum atomic E-state index is -0.980. The Morgan fingerprint density at radius 2 is 1.59 bits per heavy atom. The van der Waals surface area contributed by atoms with E-state index in [0.29, 0.717) is 37.9 Å². The number of carbonyl (C=O) groups excluding carboxylic acids is 7. The number of nitrogens with zero attached hydrogens (tertiary/aromatic N) is 1. The van der Waals surface area contributed by atoms with Gasteiger partial charge in [-0.2, -0.15) is 0 Å². The SMILES string of the molecule is BC(=O)OCc1ccc(NC(=O)[C@H](CCCNC(N)=O)NC(=O)C(NC(=O)CCCCCN2C(=O)CCC2=O)C(C)C)cc1. The third-order valence-corrected chi connectivity index (χ3v) is 6.97. The fourth-order valence-electron chi connectivity index (χ4n) is 4.53. The number of nitrogens with one attached hydrogen (secondary N) is 4. The predicted molar refractivity (Wildman–Crippen MR) is 164 cm³/mol. The molecule has 1 aromatic carbocycles. The van der Waals surface area contributed by atoms with E-state index >= 15 is 0 Å². The van der Waals surface area contributed by atoms with Crippen molar-refractivity contribution < 1.29 is 38.3 Å². The van der Waals surface area contributed by atoms with E-state index in [2.05, 4.69) is 21.3 Å². The number of carbonyl (C=O) groups is 7. The standard InChI is InChI=1S/C29H43BN6O8/c1-18(2)25(35-22(37)8-4-3-5-16-36-23(38)13-14-24(36)39)27(41)34-21(7-6-15-32-29(31)43)26(40)33-20-11-9-19(10-12-20)17-44-28(30)42/h9-12,18,21,25H,3-8,13-17,30H2,1-2H3,(H,33,40)(H,34,41)(H,35,37)(H3,31,32,43)/t21-,25?/m0/s1. The van der Waals surface area contributed by atoms with Crippen LogP contribution in [-0.2, 0) is 35.3 Å². The van der Waals surface area contributed by atoms with Crippen LogP contribution in [0.2, 0.25) is 0 Å². The van der Waals surface area contributed by atoms with Gasteiger partial charge in [-0.05, 0) is 49.3 Å². The van der Waals surface area contributed by atoms with Gasteiger partial charge < -0.3 is 31.7 Å². The summed E-state index contributed by atoms with van der Waals surface area (Å²) in [7, 11) is 1.31. The number of primary amides is 1. The van der Waals surface area contributed by atoms with Gasteiger partial charge in [-0.15, -0.1) is 0 Å². The lowest BCUT2D eigenvalue weighted by Crippen LogP contribution is -2.54. The number of unbranched alkanes of at least 4 members (excludes halogenated alkanes) is 2. The predicted octanol–water partition coefficient (Wildman–Crippen LogP) is 0.678. The van der Waals surface area contributed by atoms with Gasteiger partial charge in [0.2, 0.25) is 43.3 Å². The van der Waals surface area contributed by atoms with Gasteiger partial charge in [-0.25, -0.2) is 4.79 Å². The lowest BCUT2D eigenvalue weighted by Gasteiger charge is -2.25. The van der Waals surface area contributed by atoms with E-state index in [0.717, 1.165) is 5.56 Å². The van der Waals surface area contributed by atoms with Crippen molar-refractivity contribution in [1.29, 1.82) is 0 Å².